The standard InChI is InChI=1S/C29H32N4O6/c1-29(2,18-39-28(37)30-17-24(34)33-15-7-12-23(33)27(36)38-3)14-13-19-8-6-9-20(16-19)25-26(35)32-22-11-5-4-10-21(22)31-25/h4-6,8-11,13-14,16,23H,7,12,15,17-18H2,1-3H3,(H,30,37)(H,32,35)/b14-13+. The first-order valence-electron chi connectivity index (χ1n) is 12.7. The second-order valence-corrected chi connectivity index (χ2v) is 10.1. The van der Waals surface area contributed by atoms with Crippen LogP contribution >= 0.6 is 0 Å². The number of methoxy groups -OCH3 is 1. The van der Waals surface area contributed by atoms with Gasteiger partial charge in [0, 0.05) is 17.5 Å². The first-order chi connectivity index (χ1) is 18.7. The topological polar surface area (TPSA) is 131 Å². The largest absolute Gasteiger partial charge is 0.467 e. The number of carbonyl (C=O) groups is 3. The van der Waals surface area contributed by atoms with E-state index in [1.54, 1.807) is 0 Å². The fourth-order valence-corrected chi connectivity index (χ4v) is 4.38. The summed E-state index contributed by atoms with van der Waals surface area (Å²) < 4.78 is 10.1. The van der Waals surface area contributed by atoms with E-state index in [9.17, 15) is 19.2 Å². The molecule has 10 heteroatoms. The number of alkyl carbamates (subject to hydrolysis) is 1. The minimum atomic E-state index is -0.720. The third-order valence-corrected chi connectivity index (χ3v) is 6.49. The van der Waals surface area contributed by atoms with Crippen molar-refractivity contribution in [2.24, 2.45) is 5.41 Å². The quantitative estimate of drug-likeness (QED) is 0.425. The van der Waals surface area contributed by atoms with E-state index in [4.69, 9.17) is 9.47 Å². The highest BCUT2D eigenvalue weighted by Crippen LogP contribution is 2.22. The Balaban J connectivity index is 1.33. The van der Waals surface area contributed by atoms with Crippen LogP contribution in [0.5, 0.6) is 0 Å². The van der Waals surface area contributed by atoms with Crippen LogP contribution in [-0.2, 0) is 19.1 Å². The molecular weight excluding hydrogens is 500 g/mol. The minimum absolute atomic E-state index is 0.0730. The van der Waals surface area contributed by atoms with Gasteiger partial charge >= 0.3 is 12.1 Å². The van der Waals surface area contributed by atoms with Crippen molar-refractivity contribution in [1.82, 2.24) is 20.2 Å². The Bertz CT molecular complexity index is 1460. The van der Waals surface area contributed by atoms with Crippen LogP contribution in [0.3, 0.4) is 0 Å². The number of amides is 2. The SMILES string of the molecule is COC(=O)C1CCCN1C(=O)CNC(=O)OCC(C)(C)/C=C/c1cccc(-c2nc3ccccc3[nH]c2=O)c1. The zero-order valence-corrected chi connectivity index (χ0v) is 22.2. The number of hydrogen-bond acceptors (Lipinski definition) is 7. The molecule has 1 fully saturated rings. The molecule has 1 unspecified atom stereocenters. The van der Waals surface area contributed by atoms with Crippen molar-refractivity contribution in [3.8, 4) is 11.3 Å². The number of esters is 1. The van der Waals surface area contributed by atoms with E-state index >= 15 is 0 Å². The third-order valence-electron chi connectivity index (χ3n) is 6.49. The van der Waals surface area contributed by atoms with Crippen LogP contribution in [0, 0.1) is 5.41 Å². The number of nitrogens with one attached hydrogen (secondary N) is 2. The highest BCUT2D eigenvalue weighted by molar-refractivity contribution is 5.87. The van der Waals surface area contributed by atoms with Gasteiger partial charge in [0.05, 0.1) is 18.1 Å². The molecule has 1 aromatic heterocycles. The van der Waals surface area contributed by atoms with Gasteiger partial charge in [0.1, 0.15) is 24.9 Å². The predicted molar refractivity (Wildman–Crippen MR) is 147 cm³/mol. The molecule has 0 saturated carbocycles. The van der Waals surface area contributed by atoms with Crippen molar-refractivity contribution in [1.29, 1.82) is 0 Å². The summed E-state index contributed by atoms with van der Waals surface area (Å²) in [5.74, 6) is -0.818. The predicted octanol–water partition coefficient (Wildman–Crippen LogP) is 3.52. The molecule has 1 atom stereocenters. The van der Waals surface area contributed by atoms with Crippen molar-refractivity contribution < 1.29 is 23.9 Å². The number of aromatic amines is 1. The molecule has 2 N–H and O–H groups in total. The first kappa shape index (κ1) is 27.6. The maximum absolute atomic E-state index is 12.6. The number of H-pyrrole nitrogens is 1. The van der Waals surface area contributed by atoms with Gasteiger partial charge in [0.25, 0.3) is 5.56 Å². The number of hydrogen-bond donors (Lipinski definition) is 2. The summed E-state index contributed by atoms with van der Waals surface area (Å²) in [5.41, 5.74) is 2.49. The third kappa shape index (κ3) is 6.90. The lowest BCUT2D eigenvalue weighted by Gasteiger charge is -2.23. The van der Waals surface area contributed by atoms with E-state index in [1.807, 2.05) is 74.5 Å². The molecule has 1 saturated heterocycles. The summed E-state index contributed by atoms with van der Waals surface area (Å²) in [5, 5.41) is 2.46. The second kappa shape index (κ2) is 11.9. The van der Waals surface area contributed by atoms with Gasteiger partial charge in [-0.15, -0.1) is 0 Å². The number of rotatable bonds is 8. The summed E-state index contributed by atoms with van der Waals surface area (Å²) in [6, 6.07) is 14.2. The van der Waals surface area contributed by atoms with Gasteiger partial charge in [-0.2, -0.15) is 0 Å². The molecule has 3 aromatic rings. The molecule has 10 nitrogen and oxygen atoms in total. The summed E-state index contributed by atoms with van der Waals surface area (Å²) in [6.07, 6.45) is 4.33. The number of aromatic nitrogens is 2. The van der Waals surface area contributed by atoms with Gasteiger partial charge in [-0.1, -0.05) is 56.3 Å². The maximum atomic E-state index is 12.6. The summed E-state index contributed by atoms with van der Waals surface area (Å²) in [4.78, 5) is 58.0. The van der Waals surface area contributed by atoms with E-state index < -0.39 is 23.5 Å². The maximum Gasteiger partial charge on any atom is 0.407 e. The van der Waals surface area contributed by atoms with Gasteiger partial charge in [0.15, 0.2) is 0 Å². The van der Waals surface area contributed by atoms with Gasteiger partial charge in [-0.25, -0.2) is 14.6 Å². The Morgan fingerprint density at radius 2 is 1.97 bits per heavy atom. The molecule has 0 spiro atoms. The van der Waals surface area contributed by atoms with Crippen LogP contribution < -0.4 is 10.9 Å². The van der Waals surface area contributed by atoms with Crippen LogP contribution in [0.15, 0.2) is 59.4 Å². The zero-order valence-electron chi connectivity index (χ0n) is 22.2. The molecule has 2 amide bonds. The molecule has 204 valence electrons. The van der Waals surface area contributed by atoms with Gasteiger partial charge in [-0.05, 0) is 36.6 Å². The number of carbonyl (C=O) groups excluding carboxylic acids is 3. The fourth-order valence-electron chi connectivity index (χ4n) is 4.38. The Labute approximate surface area is 226 Å². The summed E-state index contributed by atoms with van der Waals surface area (Å²) in [7, 11) is 1.29. The molecule has 1 aliphatic heterocycles. The first-order valence-corrected chi connectivity index (χ1v) is 12.7. The molecule has 4 rings (SSSR count). The molecule has 0 aliphatic carbocycles. The number of benzene rings is 2. The van der Waals surface area contributed by atoms with Crippen LogP contribution in [0.25, 0.3) is 28.4 Å². The fraction of sp³-hybridized carbons (Fsp3) is 0.345. The van der Waals surface area contributed by atoms with Crippen LogP contribution in [0.4, 0.5) is 4.79 Å². The van der Waals surface area contributed by atoms with Crippen LogP contribution in [0.1, 0.15) is 32.3 Å². The van der Waals surface area contributed by atoms with Crippen molar-refractivity contribution in [2.45, 2.75) is 32.7 Å². The average Bonchev–Trinajstić information content (AvgIpc) is 3.43. The monoisotopic (exact) mass is 532 g/mol. The molecule has 0 bridgehead atoms. The van der Waals surface area contributed by atoms with Crippen molar-refractivity contribution in [2.75, 3.05) is 26.8 Å². The lowest BCUT2D eigenvalue weighted by Crippen LogP contribution is -2.46. The smallest absolute Gasteiger partial charge is 0.407 e. The number of ether oxygens (including phenoxy) is 2. The Kier molecular flexibility index (Phi) is 8.43. The number of fused-ring (bicyclic) bond motifs is 1. The van der Waals surface area contributed by atoms with Crippen LogP contribution in [0.2, 0.25) is 0 Å². The van der Waals surface area contributed by atoms with E-state index in [-0.39, 0.29) is 24.6 Å². The van der Waals surface area contributed by atoms with Crippen molar-refractivity contribution in [3.63, 3.8) is 0 Å². The summed E-state index contributed by atoms with van der Waals surface area (Å²) >= 11 is 0. The zero-order chi connectivity index (χ0) is 28.0. The van der Waals surface area contributed by atoms with Crippen LogP contribution in [-0.4, -0.2) is 65.7 Å². The highest BCUT2D eigenvalue weighted by atomic mass is 16.5. The number of likely N-dealkylation sites (tertiary alicyclic amines) is 1. The molecule has 1 aliphatic rings. The number of nitrogens with zero attached hydrogens (tertiary/aromatic N) is 2. The lowest BCUT2D eigenvalue weighted by molar-refractivity contribution is -0.150. The van der Waals surface area contributed by atoms with Gasteiger partial charge < -0.3 is 24.7 Å². The second-order valence-electron chi connectivity index (χ2n) is 10.1. The van der Waals surface area contributed by atoms with E-state index in [0.29, 0.717) is 41.7 Å². The molecule has 39 heavy (non-hydrogen) atoms. The van der Waals surface area contributed by atoms with E-state index in [2.05, 4.69) is 15.3 Å². The Hall–Kier alpha value is -4.47. The van der Waals surface area contributed by atoms with E-state index in [1.165, 1.54) is 12.0 Å². The van der Waals surface area contributed by atoms with Gasteiger partial charge in [0.2, 0.25) is 5.91 Å². The van der Waals surface area contributed by atoms with Gasteiger partial charge in [-0.3, -0.25) is 9.59 Å². The van der Waals surface area contributed by atoms with Crippen molar-refractivity contribution >= 4 is 35.1 Å². The highest BCUT2D eigenvalue weighted by Gasteiger charge is 2.34. The lowest BCUT2D eigenvalue weighted by atomic mass is 9.93. The van der Waals surface area contributed by atoms with Crippen molar-refractivity contribution in [3.05, 3.63) is 70.5 Å². The molecule has 2 aromatic carbocycles. The Morgan fingerprint density at radius 3 is 2.77 bits per heavy atom. The summed E-state index contributed by atoms with van der Waals surface area (Å²) in [6.45, 7) is 4.07. The normalized spacial score (nSPS) is 15.5. The number of para-hydroxylation sites is 2. The Morgan fingerprint density at radius 1 is 1.18 bits per heavy atom. The molecule has 2 heterocycles. The molecular formula is C29H32N4O6. The minimum Gasteiger partial charge on any atom is -0.467 e. The average molecular weight is 533 g/mol. The van der Waals surface area contributed by atoms with E-state index in [0.717, 1.165) is 5.56 Å². The molecule has 0 radical (unpaired) electrons.